The normalized spacial score (nSPS) is 10.6. The standard InChI is InChI=1S/C26H24N4O3S/c1-18-15-24(28-29(18)2)25(31)27-26(32)30(34)22-9-6-10-23(16-22)33-17-19-11-13-21(14-12-19)20-7-4-3-5-8-20/h3-16,34H,17H2,1-2H3,(H,27,31,32). The molecule has 0 spiro atoms. The average molecular weight is 473 g/mol. The van der Waals surface area contributed by atoms with Crippen LogP contribution in [0.1, 0.15) is 21.7 Å². The summed E-state index contributed by atoms with van der Waals surface area (Å²) in [4.78, 5) is 24.8. The van der Waals surface area contributed by atoms with Crippen molar-refractivity contribution in [2.24, 2.45) is 7.05 Å². The van der Waals surface area contributed by atoms with Crippen LogP contribution < -0.4 is 14.4 Å². The molecule has 0 bridgehead atoms. The minimum absolute atomic E-state index is 0.158. The number of anilines is 1. The van der Waals surface area contributed by atoms with Crippen LogP contribution in [0.3, 0.4) is 0 Å². The summed E-state index contributed by atoms with van der Waals surface area (Å²) in [7, 11) is 1.72. The number of aryl methyl sites for hydroxylation is 2. The van der Waals surface area contributed by atoms with Crippen LogP contribution in [0.25, 0.3) is 11.1 Å². The van der Waals surface area contributed by atoms with Gasteiger partial charge in [-0.2, -0.15) is 5.10 Å². The minimum atomic E-state index is -0.690. The number of imide groups is 1. The Morgan fingerprint density at radius 3 is 2.35 bits per heavy atom. The monoisotopic (exact) mass is 472 g/mol. The first-order valence-corrected chi connectivity index (χ1v) is 11.0. The highest BCUT2D eigenvalue weighted by molar-refractivity contribution is 7.82. The summed E-state index contributed by atoms with van der Waals surface area (Å²) in [5.41, 5.74) is 4.74. The first kappa shape index (κ1) is 23.1. The van der Waals surface area contributed by atoms with E-state index in [0.717, 1.165) is 26.7 Å². The number of rotatable bonds is 6. The Hall–Kier alpha value is -4.04. The zero-order chi connectivity index (χ0) is 24.1. The molecule has 34 heavy (non-hydrogen) atoms. The smallest absolute Gasteiger partial charge is 0.338 e. The minimum Gasteiger partial charge on any atom is -0.489 e. The fourth-order valence-electron chi connectivity index (χ4n) is 3.30. The lowest BCUT2D eigenvalue weighted by molar-refractivity contribution is 0.0961. The SMILES string of the molecule is Cc1cc(C(=O)NC(=O)N(S)c2cccc(OCc3ccc(-c4ccccc4)cc3)c2)nn1C. The Balaban J connectivity index is 1.36. The van der Waals surface area contributed by atoms with Gasteiger partial charge in [0, 0.05) is 18.8 Å². The van der Waals surface area contributed by atoms with Crippen molar-refractivity contribution < 1.29 is 14.3 Å². The Morgan fingerprint density at radius 1 is 0.971 bits per heavy atom. The van der Waals surface area contributed by atoms with Crippen molar-refractivity contribution >= 4 is 30.4 Å². The van der Waals surface area contributed by atoms with Crippen LogP contribution in [0, 0.1) is 6.92 Å². The van der Waals surface area contributed by atoms with E-state index in [-0.39, 0.29) is 5.69 Å². The first-order valence-electron chi connectivity index (χ1n) is 10.6. The topological polar surface area (TPSA) is 76.5 Å². The molecule has 0 radical (unpaired) electrons. The Labute approximate surface area is 203 Å². The van der Waals surface area contributed by atoms with Crippen molar-refractivity contribution in [2.75, 3.05) is 4.31 Å². The fourth-order valence-corrected chi connectivity index (χ4v) is 3.47. The second kappa shape index (κ2) is 10.3. The molecule has 0 saturated carbocycles. The van der Waals surface area contributed by atoms with Crippen LogP contribution in [0.5, 0.6) is 5.75 Å². The van der Waals surface area contributed by atoms with Crippen molar-refractivity contribution in [2.45, 2.75) is 13.5 Å². The maximum Gasteiger partial charge on any atom is 0.338 e. The largest absolute Gasteiger partial charge is 0.489 e. The second-order valence-electron chi connectivity index (χ2n) is 7.71. The average Bonchev–Trinajstić information content (AvgIpc) is 3.21. The summed E-state index contributed by atoms with van der Waals surface area (Å²) in [5.74, 6) is -0.0257. The quantitative estimate of drug-likeness (QED) is 0.379. The van der Waals surface area contributed by atoms with E-state index in [1.807, 2.05) is 37.3 Å². The number of hydrogen-bond donors (Lipinski definition) is 2. The molecule has 172 valence electrons. The van der Waals surface area contributed by atoms with Crippen LogP contribution in [0.15, 0.2) is 84.9 Å². The van der Waals surface area contributed by atoms with Gasteiger partial charge < -0.3 is 4.74 Å². The van der Waals surface area contributed by atoms with Gasteiger partial charge in [-0.3, -0.25) is 14.8 Å². The number of urea groups is 1. The Bertz CT molecular complexity index is 1280. The van der Waals surface area contributed by atoms with Gasteiger partial charge in [0.05, 0.1) is 5.69 Å². The first-order chi connectivity index (χ1) is 16.4. The fraction of sp³-hybridized carbons (Fsp3) is 0.115. The molecule has 4 aromatic rings. The Morgan fingerprint density at radius 2 is 1.68 bits per heavy atom. The van der Waals surface area contributed by atoms with Crippen molar-refractivity contribution in [3.8, 4) is 16.9 Å². The molecular weight excluding hydrogens is 448 g/mol. The number of carbonyl (C=O) groups is 2. The molecule has 1 N–H and O–H groups in total. The number of amides is 3. The van der Waals surface area contributed by atoms with Gasteiger partial charge in [0.25, 0.3) is 5.91 Å². The van der Waals surface area contributed by atoms with Crippen LogP contribution in [-0.4, -0.2) is 21.7 Å². The maximum absolute atomic E-state index is 12.5. The molecule has 0 aliphatic rings. The molecule has 0 unspecified atom stereocenters. The molecule has 4 rings (SSSR count). The zero-order valence-electron chi connectivity index (χ0n) is 18.8. The second-order valence-corrected chi connectivity index (χ2v) is 8.11. The van der Waals surface area contributed by atoms with Gasteiger partial charge in [0.15, 0.2) is 5.69 Å². The summed E-state index contributed by atoms with van der Waals surface area (Å²) in [5, 5.41) is 6.36. The van der Waals surface area contributed by atoms with E-state index in [9.17, 15) is 9.59 Å². The van der Waals surface area contributed by atoms with Crippen molar-refractivity contribution in [3.05, 3.63) is 102 Å². The van der Waals surface area contributed by atoms with Crippen LogP contribution in [-0.2, 0) is 13.7 Å². The van der Waals surface area contributed by atoms with Gasteiger partial charge in [-0.25, -0.2) is 9.10 Å². The molecule has 0 atom stereocenters. The maximum atomic E-state index is 12.5. The number of aromatic nitrogens is 2. The predicted octanol–water partition coefficient (Wildman–Crippen LogP) is 5.18. The molecule has 1 heterocycles. The molecule has 8 heteroatoms. The lowest BCUT2D eigenvalue weighted by Gasteiger charge is -2.16. The zero-order valence-corrected chi connectivity index (χ0v) is 19.7. The number of nitrogens with one attached hydrogen (secondary N) is 1. The van der Waals surface area contributed by atoms with E-state index in [0.29, 0.717) is 18.0 Å². The number of hydrogen-bond acceptors (Lipinski definition) is 5. The van der Waals surface area contributed by atoms with Crippen molar-refractivity contribution in [1.29, 1.82) is 0 Å². The van der Waals surface area contributed by atoms with E-state index in [4.69, 9.17) is 4.74 Å². The molecule has 0 fully saturated rings. The molecule has 0 aliphatic carbocycles. The van der Waals surface area contributed by atoms with E-state index in [1.54, 1.807) is 42.1 Å². The predicted molar refractivity (Wildman–Crippen MR) is 135 cm³/mol. The van der Waals surface area contributed by atoms with E-state index >= 15 is 0 Å². The third kappa shape index (κ3) is 5.47. The molecule has 1 aromatic heterocycles. The number of nitrogens with zero attached hydrogens (tertiary/aromatic N) is 3. The lowest BCUT2D eigenvalue weighted by atomic mass is 10.0. The van der Waals surface area contributed by atoms with Crippen LogP contribution in [0.2, 0.25) is 0 Å². The molecule has 0 saturated heterocycles. The number of thiol groups is 1. The van der Waals surface area contributed by atoms with Gasteiger partial charge in [0.2, 0.25) is 0 Å². The van der Waals surface area contributed by atoms with E-state index in [1.165, 1.54) is 0 Å². The summed E-state index contributed by atoms with van der Waals surface area (Å²) < 4.78 is 8.52. The Kier molecular flexibility index (Phi) is 6.98. The summed E-state index contributed by atoms with van der Waals surface area (Å²) in [6.45, 7) is 2.19. The van der Waals surface area contributed by atoms with Crippen molar-refractivity contribution in [1.82, 2.24) is 15.1 Å². The molecule has 3 amide bonds. The van der Waals surface area contributed by atoms with Crippen molar-refractivity contribution in [3.63, 3.8) is 0 Å². The number of benzene rings is 3. The van der Waals surface area contributed by atoms with E-state index < -0.39 is 11.9 Å². The van der Waals surface area contributed by atoms with Gasteiger partial charge in [-0.15, -0.1) is 0 Å². The molecular formula is C26H24N4O3S. The highest BCUT2D eigenvalue weighted by Gasteiger charge is 2.19. The third-order valence-electron chi connectivity index (χ3n) is 5.29. The number of carbonyl (C=O) groups excluding carboxylic acids is 2. The van der Waals surface area contributed by atoms with Gasteiger partial charge in [-0.05, 0) is 41.8 Å². The highest BCUT2D eigenvalue weighted by atomic mass is 32.1. The summed E-state index contributed by atoms with van der Waals surface area (Å²) in [6, 6.07) is 26.2. The molecule has 3 aromatic carbocycles. The van der Waals surface area contributed by atoms with Crippen LogP contribution >= 0.6 is 12.8 Å². The number of ether oxygens (including phenoxy) is 1. The van der Waals surface area contributed by atoms with Gasteiger partial charge >= 0.3 is 6.03 Å². The summed E-state index contributed by atoms with van der Waals surface area (Å²) >= 11 is 4.25. The van der Waals surface area contributed by atoms with E-state index in [2.05, 4.69) is 47.5 Å². The molecule has 0 aliphatic heterocycles. The lowest BCUT2D eigenvalue weighted by Crippen LogP contribution is -2.38. The third-order valence-corrected chi connectivity index (χ3v) is 5.70. The summed E-state index contributed by atoms with van der Waals surface area (Å²) in [6.07, 6.45) is 0. The van der Waals surface area contributed by atoms with Crippen LogP contribution in [0.4, 0.5) is 10.5 Å². The molecule has 7 nitrogen and oxygen atoms in total. The van der Waals surface area contributed by atoms with Gasteiger partial charge in [-0.1, -0.05) is 73.5 Å². The highest BCUT2D eigenvalue weighted by Crippen LogP contribution is 2.24. The van der Waals surface area contributed by atoms with Gasteiger partial charge in [0.1, 0.15) is 12.4 Å².